The van der Waals surface area contributed by atoms with Crippen molar-refractivity contribution in [1.82, 2.24) is 0 Å². The number of unbranched alkanes of at least 4 members (excludes halogenated alkanes) is 3. The van der Waals surface area contributed by atoms with Crippen molar-refractivity contribution in [3.8, 4) is 5.75 Å². The third-order valence-corrected chi connectivity index (χ3v) is 3.96. The number of hydrogen-bond donors (Lipinski definition) is 0. The van der Waals surface area contributed by atoms with Crippen LogP contribution in [-0.2, 0) is 4.79 Å². The molecule has 2 heteroatoms. The van der Waals surface area contributed by atoms with E-state index in [1.807, 2.05) is 30.3 Å². The standard InChI is InChI=1S/C19H26O2/c1-2-3-4-9-14-21-19-13-8-6-11-17(19)15-16-10-5-7-12-18(16)20/h6,8,11,13,15H,2-5,7,9-10,12,14H2,1H3. The zero-order chi connectivity index (χ0) is 14.9. The molecule has 1 aliphatic rings. The Balaban J connectivity index is 1.99. The van der Waals surface area contributed by atoms with Gasteiger partial charge in [0.25, 0.3) is 0 Å². The molecule has 0 radical (unpaired) electrons. The summed E-state index contributed by atoms with van der Waals surface area (Å²) in [5, 5.41) is 0. The average molecular weight is 286 g/mol. The predicted molar refractivity (Wildman–Crippen MR) is 87.5 cm³/mol. The lowest BCUT2D eigenvalue weighted by atomic mass is 9.92. The summed E-state index contributed by atoms with van der Waals surface area (Å²) >= 11 is 0. The Kier molecular flexibility index (Phi) is 6.52. The molecule has 0 heterocycles. The Labute approximate surface area is 128 Å². The molecule has 0 saturated heterocycles. The van der Waals surface area contributed by atoms with Gasteiger partial charge in [-0.3, -0.25) is 4.79 Å². The average Bonchev–Trinajstić information content (AvgIpc) is 2.51. The number of rotatable bonds is 7. The van der Waals surface area contributed by atoms with Crippen LogP contribution in [0.1, 0.15) is 63.9 Å². The first-order chi connectivity index (χ1) is 10.3. The highest BCUT2D eigenvalue weighted by Gasteiger charge is 2.15. The fraction of sp³-hybridized carbons (Fsp3) is 0.526. The van der Waals surface area contributed by atoms with Crippen molar-refractivity contribution in [3.05, 3.63) is 35.4 Å². The van der Waals surface area contributed by atoms with Crippen molar-refractivity contribution in [1.29, 1.82) is 0 Å². The molecule has 2 rings (SSSR count). The lowest BCUT2D eigenvalue weighted by Crippen LogP contribution is -2.08. The van der Waals surface area contributed by atoms with Crippen LogP contribution < -0.4 is 4.74 Å². The van der Waals surface area contributed by atoms with Crippen LogP contribution in [0.15, 0.2) is 29.8 Å². The fourth-order valence-electron chi connectivity index (χ4n) is 2.68. The molecule has 0 aliphatic heterocycles. The molecule has 0 bridgehead atoms. The number of ketones is 1. The molecule has 1 aromatic carbocycles. The fourth-order valence-corrected chi connectivity index (χ4v) is 2.68. The summed E-state index contributed by atoms with van der Waals surface area (Å²) in [5.41, 5.74) is 2.00. The molecule has 1 fully saturated rings. The van der Waals surface area contributed by atoms with Crippen LogP contribution in [0.25, 0.3) is 6.08 Å². The Morgan fingerprint density at radius 3 is 2.71 bits per heavy atom. The van der Waals surface area contributed by atoms with Crippen molar-refractivity contribution >= 4 is 11.9 Å². The van der Waals surface area contributed by atoms with Gasteiger partial charge in [0.2, 0.25) is 0 Å². The molecule has 0 amide bonds. The van der Waals surface area contributed by atoms with Crippen molar-refractivity contribution in [3.63, 3.8) is 0 Å². The Morgan fingerprint density at radius 1 is 1.10 bits per heavy atom. The highest BCUT2D eigenvalue weighted by atomic mass is 16.5. The van der Waals surface area contributed by atoms with Gasteiger partial charge in [0.1, 0.15) is 5.75 Å². The van der Waals surface area contributed by atoms with Crippen molar-refractivity contribution < 1.29 is 9.53 Å². The molecule has 1 saturated carbocycles. The largest absolute Gasteiger partial charge is 0.493 e. The maximum absolute atomic E-state index is 11.9. The molecule has 2 nitrogen and oxygen atoms in total. The molecule has 0 spiro atoms. The van der Waals surface area contributed by atoms with Crippen LogP contribution >= 0.6 is 0 Å². The summed E-state index contributed by atoms with van der Waals surface area (Å²) in [6.45, 7) is 2.97. The van der Waals surface area contributed by atoms with Gasteiger partial charge in [-0.1, -0.05) is 44.4 Å². The number of para-hydroxylation sites is 1. The molecule has 114 valence electrons. The van der Waals surface area contributed by atoms with E-state index in [2.05, 4.69) is 6.92 Å². The second-order valence-electron chi connectivity index (χ2n) is 5.75. The molecular weight excluding hydrogens is 260 g/mol. The summed E-state index contributed by atoms with van der Waals surface area (Å²) in [6.07, 6.45) is 10.6. The van der Waals surface area contributed by atoms with Gasteiger partial charge in [-0.2, -0.15) is 0 Å². The smallest absolute Gasteiger partial charge is 0.158 e. The van der Waals surface area contributed by atoms with E-state index in [0.29, 0.717) is 12.2 Å². The van der Waals surface area contributed by atoms with Gasteiger partial charge in [-0.05, 0) is 43.4 Å². The number of Topliss-reactive ketones (excluding diaryl/α,β-unsaturated/α-hetero) is 1. The van der Waals surface area contributed by atoms with E-state index in [1.165, 1.54) is 19.3 Å². The molecule has 0 unspecified atom stereocenters. The lowest BCUT2D eigenvalue weighted by Gasteiger charge is -2.14. The van der Waals surface area contributed by atoms with Gasteiger partial charge in [-0.15, -0.1) is 0 Å². The van der Waals surface area contributed by atoms with E-state index in [0.717, 1.165) is 49.2 Å². The topological polar surface area (TPSA) is 26.3 Å². The first kappa shape index (κ1) is 15.8. The molecule has 0 N–H and O–H groups in total. The number of benzene rings is 1. The normalized spacial score (nSPS) is 17.2. The van der Waals surface area contributed by atoms with Crippen molar-refractivity contribution in [2.75, 3.05) is 6.61 Å². The number of allylic oxidation sites excluding steroid dienone is 1. The van der Waals surface area contributed by atoms with E-state index < -0.39 is 0 Å². The first-order valence-corrected chi connectivity index (χ1v) is 8.27. The molecular formula is C19H26O2. The van der Waals surface area contributed by atoms with Gasteiger partial charge >= 0.3 is 0 Å². The van der Waals surface area contributed by atoms with E-state index in [4.69, 9.17) is 4.74 Å². The highest BCUT2D eigenvalue weighted by molar-refractivity contribution is 6.00. The first-order valence-electron chi connectivity index (χ1n) is 8.27. The number of carbonyl (C=O) groups is 1. The van der Waals surface area contributed by atoms with Gasteiger partial charge in [0.05, 0.1) is 6.61 Å². The van der Waals surface area contributed by atoms with Gasteiger partial charge in [-0.25, -0.2) is 0 Å². The number of ether oxygens (including phenoxy) is 1. The summed E-state index contributed by atoms with van der Waals surface area (Å²) in [6, 6.07) is 8.03. The van der Waals surface area contributed by atoms with Crippen LogP contribution in [0.2, 0.25) is 0 Å². The lowest BCUT2D eigenvalue weighted by molar-refractivity contribution is -0.116. The van der Waals surface area contributed by atoms with E-state index in [-0.39, 0.29) is 0 Å². The minimum Gasteiger partial charge on any atom is -0.493 e. The van der Waals surface area contributed by atoms with Crippen LogP contribution in [0.4, 0.5) is 0 Å². The summed E-state index contributed by atoms with van der Waals surface area (Å²) in [5.74, 6) is 1.21. The minimum atomic E-state index is 0.305. The Hall–Kier alpha value is -1.57. The Morgan fingerprint density at radius 2 is 1.90 bits per heavy atom. The third-order valence-electron chi connectivity index (χ3n) is 3.96. The minimum absolute atomic E-state index is 0.305. The van der Waals surface area contributed by atoms with Gasteiger partial charge in [0, 0.05) is 12.0 Å². The summed E-state index contributed by atoms with van der Waals surface area (Å²) in [7, 11) is 0. The highest BCUT2D eigenvalue weighted by Crippen LogP contribution is 2.26. The maximum Gasteiger partial charge on any atom is 0.158 e. The predicted octanol–water partition coefficient (Wildman–Crippen LogP) is 5.17. The zero-order valence-electron chi connectivity index (χ0n) is 13.1. The van der Waals surface area contributed by atoms with E-state index >= 15 is 0 Å². The van der Waals surface area contributed by atoms with Crippen LogP contribution in [-0.4, -0.2) is 12.4 Å². The van der Waals surface area contributed by atoms with E-state index in [1.54, 1.807) is 0 Å². The van der Waals surface area contributed by atoms with Crippen LogP contribution in [0, 0.1) is 0 Å². The SMILES string of the molecule is CCCCCCOc1ccccc1C=C1CCCCC1=O. The maximum atomic E-state index is 11.9. The second-order valence-corrected chi connectivity index (χ2v) is 5.75. The van der Waals surface area contributed by atoms with Crippen LogP contribution in [0.3, 0.4) is 0 Å². The molecule has 1 aromatic rings. The number of carbonyl (C=O) groups excluding carboxylic acids is 1. The Bertz CT molecular complexity index is 488. The van der Waals surface area contributed by atoms with Gasteiger partial charge < -0.3 is 4.74 Å². The molecule has 1 aliphatic carbocycles. The molecule has 0 aromatic heterocycles. The molecule has 21 heavy (non-hydrogen) atoms. The second kappa shape index (κ2) is 8.66. The van der Waals surface area contributed by atoms with Crippen molar-refractivity contribution in [2.24, 2.45) is 0 Å². The van der Waals surface area contributed by atoms with E-state index in [9.17, 15) is 4.79 Å². The monoisotopic (exact) mass is 286 g/mol. The molecule has 0 atom stereocenters. The van der Waals surface area contributed by atoms with Gasteiger partial charge in [0.15, 0.2) is 5.78 Å². The number of hydrogen-bond acceptors (Lipinski definition) is 2. The van der Waals surface area contributed by atoms with Crippen molar-refractivity contribution in [2.45, 2.75) is 58.3 Å². The summed E-state index contributed by atoms with van der Waals surface area (Å²) in [4.78, 5) is 11.9. The third kappa shape index (κ3) is 5.04. The van der Waals surface area contributed by atoms with Crippen LogP contribution in [0.5, 0.6) is 5.75 Å². The summed E-state index contributed by atoms with van der Waals surface area (Å²) < 4.78 is 5.90. The quantitative estimate of drug-likeness (QED) is 0.510. The zero-order valence-corrected chi connectivity index (χ0v) is 13.1.